The van der Waals surface area contributed by atoms with E-state index in [-0.39, 0.29) is 5.75 Å². The average Bonchev–Trinajstić information content (AvgIpc) is 3.03. The Bertz CT molecular complexity index is 781. The minimum Gasteiger partial charge on any atom is -0.371 e. The first kappa shape index (κ1) is 15.9. The molecular formula is C18H22N2O2S. The molecule has 23 heavy (non-hydrogen) atoms. The fourth-order valence-corrected chi connectivity index (χ4v) is 4.23. The molecule has 0 amide bonds. The maximum atomic E-state index is 12.4. The number of benzene rings is 2. The molecule has 0 bridgehead atoms. The van der Waals surface area contributed by atoms with Crippen molar-refractivity contribution in [3.8, 4) is 0 Å². The summed E-state index contributed by atoms with van der Waals surface area (Å²) in [5.41, 5.74) is 3.53. The van der Waals surface area contributed by atoms with E-state index in [9.17, 15) is 8.42 Å². The predicted molar refractivity (Wildman–Crippen MR) is 95.3 cm³/mol. The summed E-state index contributed by atoms with van der Waals surface area (Å²) in [5.74, 6) is -0.00633. The van der Waals surface area contributed by atoms with Crippen molar-refractivity contribution in [2.24, 2.45) is 0 Å². The Morgan fingerprint density at radius 3 is 2.52 bits per heavy atom. The monoisotopic (exact) mass is 330 g/mol. The molecule has 1 aliphatic heterocycles. The van der Waals surface area contributed by atoms with Gasteiger partial charge in [0.1, 0.15) is 0 Å². The van der Waals surface area contributed by atoms with Gasteiger partial charge in [-0.1, -0.05) is 30.3 Å². The average molecular weight is 330 g/mol. The molecule has 0 radical (unpaired) electrons. The van der Waals surface area contributed by atoms with Gasteiger partial charge in [-0.05, 0) is 49.1 Å². The molecule has 4 nitrogen and oxygen atoms in total. The smallest absolute Gasteiger partial charge is 0.236 e. The van der Waals surface area contributed by atoms with E-state index >= 15 is 0 Å². The minimum absolute atomic E-state index is 0.00633. The van der Waals surface area contributed by atoms with Crippen molar-refractivity contribution < 1.29 is 8.42 Å². The first-order chi connectivity index (χ1) is 11.0. The second-order valence-corrected chi connectivity index (χ2v) is 7.75. The van der Waals surface area contributed by atoms with Crippen LogP contribution in [0.5, 0.6) is 0 Å². The topological polar surface area (TPSA) is 49.4 Å². The second kappa shape index (κ2) is 6.62. The predicted octanol–water partition coefficient (Wildman–Crippen LogP) is 3.54. The highest BCUT2D eigenvalue weighted by molar-refractivity contribution is 7.91. The summed E-state index contributed by atoms with van der Waals surface area (Å²) in [6.07, 6.45) is 2.40. The molecule has 5 heteroatoms. The first-order valence-electron chi connectivity index (χ1n) is 7.93. The molecule has 1 N–H and O–H groups in total. The molecule has 1 saturated heterocycles. The molecule has 0 spiro atoms. The van der Waals surface area contributed by atoms with Gasteiger partial charge in [0.2, 0.25) is 10.0 Å². The lowest BCUT2D eigenvalue weighted by Crippen LogP contribution is -2.19. The van der Waals surface area contributed by atoms with Gasteiger partial charge in [-0.25, -0.2) is 8.42 Å². The van der Waals surface area contributed by atoms with E-state index in [2.05, 4.69) is 9.62 Å². The van der Waals surface area contributed by atoms with Crippen LogP contribution in [0.3, 0.4) is 0 Å². The maximum absolute atomic E-state index is 12.4. The number of anilines is 2. The van der Waals surface area contributed by atoms with Crippen LogP contribution in [0.15, 0.2) is 48.5 Å². The molecule has 2 aromatic rings. The van der Waals surface area contributed by atoms with Gasteiger partial charge in [0.25, 0.3) is 0 Å². The number of rotatable bonds is 5. The van der Waals surface area contributed by atoms with Crippen molar-refractivity contribution in [1.82, 2.24) is 0 Å². The molecule has 0 aromatic heterocycles. The SMILES string of the molecule is Cc1ccccc1CS(=O)(=O)Nc1cccc(N2CCCC2)c1. The van der Waals surface area contributed by atoms with Crippen LogP contribution in [0.2, 0.25) is 0 Å². The van der Waals surface area contributed by atoms with Gasteiger partial charge in [-0.2, -0.15) is 0 Å². The van der Waals surface area contributed by atoms with E-state index in [4.69, 9.17) is 0 Å². The van der Waals surface area contributed by atoms with Crippen LogP contribution < -0.4 is 9.62 Å². The summed E-state index contributed by atoms with van der Waals surface area (Å²) in [4.78, 5) is 2.29. The normalized spacial score (nSPS) is 14.9. The number of hydrogen-bond donors (Lipinski definition) is 1. The van der Waals surface area contributed by atoms with Gasteiger partial charge in [-0.3, -0.25) is 4.72 Å². The van der Waals surface area contributed by atoms with Crippen molar-refractivity contribution in [2.45, 2.75) is 25.5 Å². The number of sulfonamides is 1. The zero-order valence-corrected chi connectivity index (χ0v) is 14.1. The van der Waals surface area contributed by atoms with Crippen molar-refractivity contribution in [1.29, 1.82) is 0 Å². The van der Waals surface area contributed by atoms with E-state index in [0.29, 0.717) is 5.69 Å². The van der Waals surface area contributed by atoms with Gasteiger partial charge in [0.05, 0.1) is 11.4 Å². The fraction of sp³-hybridized carbons (Fsp3) is 0.333. The quantitative estimate of drug-likeness (QED) is 0.912. The van der Waals surface area contributed by atoms with Crippen LogP contribution >= 0.6 is 0 Å². The number of aryl methyl sites for hydroxylation is 1. The zero-order valence-electron chi connectivity index (χ0n) is 13.3. The number of nitrogens with one attached hydrogen (secondary N) is 1. The molecule has 2 aromatic carbocycles. The van der Waals surface area contributed by atoms with E-state index in [1.54, 1.807) is 6.07 Å². The van der Waals surface area contributed by atoms with Crippen LogP contribution in [-0.4, -0.2) is 21.5 Å². The highest BCUT2D eigenvalue weighted by Crippen LogP contribution is 2.24. The van der Waals surface area contributed by atoms with E-state index in [1.165, 1.54) is 12.8 Å². The van der Waals surface area contributed by atoms with Crippen LogP contribution in [0.4, 0.5) is 11.4 Å². The molecule has 0 atom stereocenters. The highest BCUT2D eigenvalue weighted by atomic mass is 32.2. The first-order valence-corrected chi connectivity index (χ1v) is 9.59. The fourth-order valence-electron chi connectivity index (χ4n) is 2.93. The summed E-state index contributed by atoms with van der Waals surface area (Å²) < 4.78 is 27.6. The third kappa shape index (κ3) is 4.05. The van der Waals surface area contributed by atoms with Crippen molar-refractivity contribution >= 4 is 21.4 Å². The molecule has 3 rings (SSSR count). The van der Waals surface area contributed by atoms with Gasteiger partial charge in [0, 0.05) is 18.8 Å². The van der Waals surface area contributed by atoms with Gasteiger partial charge >= 0.3 is 0 Å². The number of nitrogens with zero attached hydrogens (tertiary/aromatic N) is 1. The Morgan fingerprint density at radius 1 is 1.04 bits per heavy atom. The largest absolute Gasteiger partial charge is 0.371 e. The van der Waals surface area contributed by atoms with Gasteiger partial charge in [0.15, 0.2) is 0 Å². The molecule has 1 heterocycles. The summed E-state index contributed by atoms with van der Waals surface area (Å²) in [5, 5.41) is 0. The van der Waals surface area contributed by atoms with Gasteiger partial charge in [-0.15, -0.1) is 0 Å². The van der Waals surface area contributed by atoms with Gasteiger partial charge < -0.3 is 4.90 Å². The maximum Gasteiger partial charge on any atom is 0.236 e. The van der Waals surface area contributed by atoms with E-state index < -0.39 is 10.0 Å². The zero-order chi connectivity index (χ0) is 16.3. The molecule has 1 fully saturated rings. The Kier molecular flexibility index (Phi) is 4.57. The van der Waals surface area contributed by atoms with Crippen molar-refractivity contribution in [3.63, 3.8) is 0 Å². The summed E-state index contributed by atoms with van der Waals surface area (Å²) in [6.45, 7) is 4.01. The third-order valence-corrected chi connectivity index (χ3v) is 5.44. The lowest BCUT2D eigenvalue weighted by Gasteiger charge is -2.18. The number of hydrogen-bond acceptors (Lipinski definition) is 3. The summed E-state index contributed by atoms with van der Waals surface area (Å²) in [6, 6.07) is 15.2. The van der Waals surface area contributed by atoms with Crippen LogP contribution in [0.1, 0.15) is 24.0 Å². The van der Waals surface area contributed by atoms with Crippen LogP contribution in [0.25, 0.3) is 0 Å². The second-order valence-electron chi connectivity index (χ2n) is 6.03. The molecular weight excluding hydrogens is 308 g/mol. The molecule has 122 valence electrons. The van der Waals surface area contributed by atoms with E-state index in [1.807, 2.05) is 49.4 Å². The Balaban J connectivity index is 1.75. The molecule has 1 aliphatic rings. The summed E-state index contributed by atoms with van der Waals surface area (Å²) >= 11 is 0. The standard InChI is InChI=1S/C18H22N2O2S/c1-15-7-2-3-8-16(15)14-23(21,22)19-17-9-6-10-18(13-17)20-11-4-5-12-20/h2-3,6-10,13,19H,4-5,11-12,14H2,1H3. The summed E-state index contributed by atoms with van der Waals surface area (Å²) in [7, 11) is -3.42. The third-order valence-electron chi connectivity index (χ3n) is 4.20. The Hall–Kier alpha value is -2.01. The molecule has 0 aliphatic carbocycles. The highest BCUT2D eigenvalue weighted by Gasteiger charge is 2.15. The minimum atomic E-state index is -3.42. The molecule has 0 saturated carbocycles. The Labute approximate surface area is 138 Å². The van der Waals surface area contributed by atoms with Crippen LogP contribution in [-0.2, 0) is 15.8 Å². The van der Waals surface area contributed by atoms with Crippen LogP contribution in [0, 0.1) is 6.92 Å². The lowest BCUT2D eigenvalue weighted by atomic mass is 10.1. The lowest BCUT2D eigenvalue weighted by molar-refractivity contribution is 0.600. The Morgan fingerprint density at radius 2 is 1.78 bits per heavy atom. The van der Waals surface area contributed by atoms with Crippen molar-refractivity contribution in [3.05, 3.63) is 59.7 Å². The van der Waals surface area contributed by atoms with Crippen molar-refractivity contribution in [2.75, 3.05) is 22.7 Å². The molecule has 0 unspecified atom stereocenters. The van der Waals surface area contributed by atoms with E-state index in [0.717, 1.165) is 29.9 Å².